The van der Waals surface area contributed by atoms with Crippen molar-refractivity contribution in [1.29, 1.82) is 0 Å². The summed E-state index contributed by atoms with van der Waals surface area (Å²) in [5.41, 5.74) is 1.27. The monoisotopic (exact) mass is 291 g/mol. The lowest BCUT2D eigenvalue weighted by molar-refractivity contribution is 0.0995. The number of para-hydroxylation sites is 1. The molecule has 0 aliphatic carbocycles. The Kier molecular flexibility index (Phi) is 4.87. The highest BCUT2D eigenvalue weighted by atomic mass is 32.2. The molecule has 1 aromatic carbocycles. The van der Waals surface area contributed by atoms with Crippen LogP contribution in [-0.4, -0.2) is 17.3 Å². The summed E-state index contributed by atoms with van der Waals surface area (Å²) < 4.78 is 5.46. The molecule has 2 rings (SSSR count). The summed E-state index contributed by atoms with van der Waals surface area (Å²) in [6.07, 6.45) is 1.33. The molecule has 0 aliphatic heterocycles. The maximum atomic E-state index is 12.1. The van der Waals surface area contributed by atoms with Crippen LogP contribution in [0.1, 0.15) is 34.9 Å². The molecule has 0 spiro atoms. The number of furan rings is 1. The normalized spacial score (nSPS) is 12.2. The number of amides is 1. The quantitative estimate of drug-likeness (QED) is 0.885. The maximum Gasteiger partial charge on any atom is 0.291 e. The predicted molar refractivity (Wildman–Crippen MR) is 81.0 cm³/mol. The highest BCUT2D eigenvalue weighted by molar-refractivity contribution is 7.97. The number of benzene rings is 1. The number of carbonyl (C=O) groups is 1. The number of aliphatic hydroxyl groups excluding tert-OH is 1. The van der Waals surface area contributed by atoms with E-state index in [9.17, 15) is 9.90 Å². The van der Waals surface area contributed by atoms with Crippen LogP contribution in [0.15, 0.2) is 40.8 Å². The van der Waals surface area contributed by atoms with Crippen molar-refractivity contribution in [2.45, 2.75) is 18.8 Å². The van der Waals surface area contributed by atoms with Gasteiger partial charge in [-0.25, -0.2) is 0 Å². The molecule has 2 aromatic rings. The maximum absolute atomic E-state index is 12.1. The van der Waals surface area contributed by atoms with Crippen LogP contribution in [0.3, 0.4) is 0 Å². The van der Waals surface area contributed by atoms with E-state index in [0.29, 0.717) is 11.3 Å². The fourth-order valence-corrected chi connectivity index (χ4v) is 2.32. The molecule has 0 saturated heterocycles. The molecule has 1 unspecified atom stereocenters. The van der Waals surface area contributed by atoms with Crippen molar-refractivity contribution >= 4 is 23.4 Å². The Hall–Kier alpha value is -1.72. The van der Waals surface area contributed by atoms with Crippen molar-refractivity contribution in [2.24, 2.45) is 0 Å². The van der Waals surface area contributed by atoms with Crippen molar-refractivity contribution in [3.05, 3.63) is 53.5 Å². The summed E-state index contributed by atoms with van der Waals surface area (Å²) in [4.78, 5) is 12.1. The van der Waals surface area contributed by atoms with E-state index in [0.717, 1.165) is 11.5 Å². The van der Waals surface area contributed by atoms with Crippen LogP contribution in [0.25, 0.3) is 0 Å². The van der Waals surface area contributed by atoms with Gasteiger partial charge in [0.05, 0.1) is 11.9 Å². The van der Waals surface area contributed by atoms with E-state index in [1.807, 2.05) is 18.4 Å². The SMILES string of the molecule is CSCc1ccc(C(=O)Nc2ccccc2C(C)O)o1. The van der Waals surface area contributed by atoms with Gasteiger partial charge >= 0.3 is 0 Å². The highest BCUT2D eigenvalue weighted by Gasteiger charge is 2.14. The smallest absolute Gasteiger partial charge is 0.291 e. The molecule has 0 bridgehead atoms. The number of hydrogen-bond donors (Lipinski definition) is 2. The Balaban J connectivity index is 2.15. The Labute approximate surface area is 122 Å². The summed E-state index contributed by atoms with van der Waals surface area (Å²) in [5.74, 6) is 1.46. The van der Waals surface area contributed by atoms with E-state index in [2.05, 4.69) is 5.32 Å². The molecular weight excluding hydrogens is 274 g/mol. The fraction of sp³-hybridized carbons (Fsp3) is 0.267. The Morgan fingerprint density at radius 3 is 2.80 bits per heavy atom. The zero-order valence-corrected chi connectivity index (χ0v) is 12.2. The number of rotatable bonds is 5. The molecule has 1 heterocycles. The van der Waals surface area contributed by atoms with Crippen LogP contribution in [0.5, 0.6) is 0 Å². The van der Waals surface area contributed by atoms with Crippen molar-refractivity contribution in [1.82, 2.24) is 0 Å². The van der Waals surface area contributed by atoms with E-state index in [-0.39, 0.29) is 11.7 Å². The first-order valence-corrected chi connectivity index (χ1v) is 7.67. The molecule has 0 aliphatic rings. The van der Waals surface area contributed by atoms with Crippen LogP contribution < -0.4 is 5.32 Å². The molecular formula is C15H17NO3S. The molecule has 106 valence electrons. The molecule has 5 heteroatoms. The van der Waals surface area contributed by atoms with Crippen LogP contribution in [0, 0.1) is 0 Å². The van der Waals surface area contributed by atoms with E-state index < -0.39 is 6.10 Å². The zero-order chi connectivity index (χ0) is 14.5. The van der Waals surface area contributed by atoms with Crippen LogP contribution in [0.2, 0.25) is 0 Å². The molecule has 2 N–H and O–H groups in total. The average Bonchev–Trinajstić information content (AvgIpc) is 2.88. The number of hydrogen-bond acceptors (Lipinski definition) is 4. The average molecular weight is 291 g/mol. The van der Waals surface area contributed by atoms with Crippen molar-refractivity contribution in [3.8, 4) is 0 Å². The van der Waals surface area contributed by atoms with Gasteiger partial charge in [0.15, 0.2) is 5.76 Å². The molecule has 1 amide bonds. The van der Waals surface area contributed by atoms with Gasteiger partial charge in [-0.1, -0.05) is 18.2 Å². The summed E-state index contributed by atoms with van der Waals surface area (Å²) in [7, 11) is 0. The van der Waals surface area contributed by atoms with Gasteiger partial charge in [-0.15, -0.1) is 0 Å². The van der Waals surface area contributed by atoms with Crippen LogP contribution in [0.4, 0.5) is 5.69 Å². The minimum Gasteiger partial charge on any atom is -0.455 e. The number of aliphatic hydroxyl groups is 1. The number of thioether (sulfide) groups is 1. The zero-order valence-electron chi connectivity index (χ0n) is 11.4. The lowest BCUT2D eigenvalue weighted by atomic mass is 10.1. The summed E-state index contributed by atoms with van der Waals surface area (Å²) in [5, 5.41) is 12.4. The van der Waals surface area contributed by atoms with Gasteiger partial charge in [-0.05, 0) is 31.4 Å². The van der Waals surface area contributed by atoms with E-state index in [1.54, 1.807) is 43.0 Å². The highest BCUT2D eigenvalue weighted by Crippen LogP contribution is 2.23. The van der Waals surface area contributed by atoms with Gasteiger partial charge in [0.1, 0.15) is 5.76 Å². The molecule has 4 nitrogen and oxygen atoms in total. The van der Waals surface area contributed by atoms with Gasteiger partial charge in [-0.2, -0.15) is 11.8 Å². The first-order chi connectivity index (χ1) is 9.61. The lowest BCUT2D eigenvalue weighted by Gasteiger charge is -2.12. The second-order valence-corrected chi connectivity index (χ2v) is 5.28. The van der Waals surface area contributed by atoms with Gasteiger partial charge in [0.25, 0.3) is 5.91 Å². The third-order valence-electron chi connectivity index (χ3n) is 2.83. The fourth-order valence-electron chi connectivity index (χ4n) is 1.88. The van der Waals surface area contributed by atoms with E-state index >= 15 is 0 Å². The second-order valence-electron chi connectivity index (χ2n) is 4.42. The standard InChI is InChI=1S/C15H17NO3S/c1-10(17)12-5-3-4-6-13(12)16-15(18)14-8-7-11(19-14)9-20-2/h3-8,10,17H,9H2,1-2H3,(H,16,18). The number of nitrogens with one attached hydrogen (secondary N) is 1. The number of carbonyl (C=O) groups excluding carboxylic acids is 1. The lowest BCUT2D eigenvalue weighted by Crippen LogP contribution is -2.13. The van der Waals surface area contributed by atoms with Gasteiger partial charge in [0, 0.05) is 11.3 Å². The van der Waals surface area contributed by atoms with Gasteiger partial charge in [-0.3, -0.25) is 4.79 Å². The summed E-state index contributed by atoms with van der Waals surface area (Å²) in [6, 6.07) is 10.6. The summed E-state index contributed by atoms with van der Waals surface area (Å²) >= 11 is 1.63. The van der Waals surface area contributed by atoms with Crippen LogP contribution >= 0.6 is 11.8 Å². The van der Waals surface area contributed by atoms with Gasteiger partial charge in [0.2, 0.25) is 0 Å². The summed E-state index contributed by atoms with van der Waals surface area (Å²) in [6.45, 7) is 1.66. The Bertz CT molecular complexity index is 592. The van der Waals surface area contributed by atoms with E-state index in [1.165, 1.54) is 0 Å². The molecule has 20 heavy (non-hydrogen) atoms. The third kappa shape index (κ3) is 3.43. The molecule has 1 aromatic heterocycles. The molecule has 0 radical (unpaired) electrons. The predicted octanol–water partition coefficient (Wildman–Crippen LogP) is 3.45. The minimum atomic E-state index is -0.643. The van der Waals surface area contributed by atoms with Crippen molar-refractivity contribution in [3.63, 3.8) is 0 Å². The topological polar surface area (TPSA) is 62.5 Å². The second kappa shape index (κ2) is 6.63. The molecule has 0 fully saturated rings. The first-order valence-electron chi connectivity index (χ1n) is 6.28. The van der Waals surface area contributed by atoms with Crippen LogP contribution in [-0.2, 0) is 5.75 Å². The largest absolute Gasteiger partial charge is 0.455 e. The van der Waals surface area contributed by atoms with Crippen molar-refractivity contribution in [2.75, 3.05) is 11.6 Å². The number of anilines is 1. The van der Waals surface area contributed by atoms with Crippen molar-refractivity contribution < 1.29 is 14.3 Å². The first kappa shape index (κ1) is 14.7. The third-order valence-corrected chi connectivity index (χ3v) is 3.40. The Morgan fingerprint density at radius 1 is 1.35 bits per heavy atom. The molecule has 1 atom stereocenters. The van der Waals surface area contributed by atoms with Gasteiger partial charge < -0.3 is 14.8 Å². The Morgan fingerprint density at radius 2 is 2.10 bits per heavy atom. The molecule has 0 saturated carbocycles. The minimum absolute atomic E-state index is 0.273. The van der Waals surface area contributed by atoms with E-state index in [4.69, 9.17) is 4.42 Å².